The molecule has 2 heterocycles. The molecule has 6 heteroatoms. The Labute approximate surface area is 128 Å². The molecule has 1 spiro atoms. The van der Waals surface area contributed by atoms with Crippen molar-refractivity contribution >= 4 is 23.1 Å². The number of hydrogen-bond acceptors (Lipinski definition) is 5. The maximum absolute atomic E-state index is 12.3. The Hall–Kier alpha value is -2.21. The Morgan fingerprint density at radius 2 is 2.09 bits per heavy atom. The molecule has 6 nitrogen and oxygen atoms in total. The van der Waals surface area contributed by atoms with Crippen molar-refractivity contribution in [3.63, 3.8) is 0 Å². The molecule has 2 N–H and O–H groups in total. The van der Waals surface area contributed by atoms with E-state index >= 15 is 0 Å². The topological polar surface area (TPSA) is 79.8 Å². The molecule has 2 aliphatic rings. The molecule has 1 saturated heterocycles. The Morgan fingerprint density at radius 3 is 2.73 bits per heavy atom. The summed E-state index contributed by atoms with van der Waals surface area (Å²) in [6, 6.07) is 6.81. The minimum Gasteiger partial charge on any atom is -0.387 e. The van der Waals surface area contributed by atoms with Crippen LogP contribution in [0.4, 0.5) is 5.69 Å². The SMILES string of the molecule is CC(=O)c1ccc(NC(=O)C2=NO[C@@]3(CCCNC3)C2)cc1. The monoisotopic (exact) mass is 301 g/mol. The molecule has 116 valence electrons. The zero-order valence-corrected chi connectivity index (χ0v) is 12.5. The number of ketones is 1. The van der Waals surface area contributed by atoms with Gasteiger partial charge in [0.1, 0.15) is 5.71 Å². The highest BCUT2D eigenvalue weighted by molar-refractivity contribution is 6.43. The molecule has 0 bridgehead atoms. The van der Waals surface area contributed by atoms with Gasteiger partial charge < -0.3 is 15.5 Å². The third kappa shape index (κ3) is 3.01. The highest BCUT2D eigenvalue weighted by Gasteiger charge is 2.42. The van der Waals surface area contributed by atoms with Gasteiger partial charge in [-0.25, -0.2) is 0 Å². The maximum atomic E-state index is 12.3. The fourth-order valence-electron chi connectivity index (χ4n) is 2.80. The van der Waals surface area contributed by atoms with Gasteiger partial charge >= 0.3 is 0 Å². The third-order valence-corrected chi connectivity index (χ3v) is 4.08. The first kappa shape index (κ1) is 14.7. The van der Waals surface area contributed by atoms with E-state index in [0.717, 1.165) is 25.9 Å². The summed E-state index contributed by atoms with van der Waals surface area (Å²) in [7, 11) is 0. The van der Waals surface area contributed by atoms with E-state index in [1.165, 1.54) is 6.92 Å². The molecular formula is C16H19N3O3. The smallest absolute Gasteiger partial charge is 0.273 e. The first-order valence-corrected chi connectivity index (χ1v) is 7.46. The minimum atomic E-state index is -0.358. The molecule has 3 rings (SSSR count). The zero-order valence-electron chi connectivity index (χ0n) is 12.5. The van der Waals surface area contributed by atoms with Gasteiger partial charge in [0, 0.05) is 24.2 Å². The van der Waals surface area contributed by atoms with Gasteiger partial charge in [0.25, 0.3) is 5.91 Å². The van der Waals surface area contributed by atoms with Gasteiger partial charge in [-0.1, -0.05) is 5.16 Å². The molecular weight excluding hydrogens is 282 g/mol. The number of benzene rings is 1. The molecule has 1 aromatic rings. The largest absolute Gasteiger partial charge is 0.387 e. The number of piperidine rings is 1. The van der Waals surface area contributed by atoms with Crippen molar-refractivity contribution in [2.75, 3.05) is 18.4 Å². The second-order valence-corrected chi connectivity index (χ2v) is 5.86. The number of carbonyl (C=O) groups is 2. The summed E-state index contributed by atoms with van der Waals surface area (Å²) in [6.07, 6.45) is 2.46. The summed E-state index contributed by atoms with van der Waals surface area (Å²) in [4.78, 5) is 29.0. The van der Waals surface area contributed by atoms with E-state index in [0.29, 0.717) is 23.4 Å². The molecule has 0 aromatic heterocycles. The van der Waals surface area contributed by atoms with E-state index in [4.69, 9.17) is 4.84 Å². The van der Waals surface area contributed by atoms with E-state index in [2.05, 4.69) is 15.8 Å². The molecule has 0 saturated carbocycles. The highest BCUT2D eigenvalue weighted by atomic mass is 16.7. The Morgan fingerprint density at radius 1 is 1.32 bits per heavy atom. The van der Waals surface area contributed by atoms with E-state index in [1.807, 2.05) is 0 Å². The van der Waals surface area contributed by atoms with Gasteiger partial charge in [-0.15, -0.1) is 0 Å². The van der Waals surface area contributed by atoms with E-state index in [1.54, 1.807) is 24.3 Å². The standard InChI is InChI=1S/C16H19N3O3/c1-11(20)12-3-5-13(6-4-12)18-15(21)14-9-16(22-19-14)7-2-8-17-10-16/h3-6,17H,2,7-10H2,1H3,(H,18,21)/t16-/m0/s1. The van der Waals surface area contributed by atoms with Crippen molar-refractivity contribution in [2.24, 2.45) is 5.16 Å². The highest BCUT2D eigenvalue weighted by Crippen LogP contribution is 2.30. The lowest BCUT2D eigenvalue weighted by Gasteiger charge is -2.30. The van der Waals surface area contributed by atoms with Crippen LogP contribution in [-0.2, 0) is 9.63 Å². The predicted octanol–water partition coefficient (Wildman–Crippen LogP) is 1.73. The lowest BCUT2D eigenvalue weighted by molar-refractivity contribution is -0.110. The van der Waals surface area contributed by atoms with Gasteiger partial charge in [0.2, 0.25) is 0 Å². The number of amides is 1. The van der Waals surface area contributed by atoms with Crippen LogP contribution in [0, 0.1) is 0 Å². The van der Waals surface area contributed by atoms with Crippen LogP contribution in [0.25, 0.3) is 0 Å². The van der Waals surface area contributed by atoms with Crippen LogP contribution in [0.1, 0.15) is 36.5 Å². The Kier molecular flexibility index (Phi) is 3.94. The van der Waals surface area contributed by atoms with Gasteiger partial charge in [0.15, 0.2) is 11.4 Å². The van der Waals surface area contributed by atoms with Crippen molar-refractivity contribution in [1.29, 1.82) is 0 Å². The maximum Gasteiger partial charge on any atom is 0.273 e. The molecule has 2 aliphatic heterocycles. The second kappa shape index (κ2) is 5.88. The van der Waals surface area contributed by atoms with Crippen LogP contribution in [0.5, 0.6) is 0 Å². The van der Waals surface area contributed by atoms with Gasteiger partial charge in [-0.3, -0.25) is 9.59 Å². The van der Waals surface area contributed by atoms with Crippen molar-refractivity contribution in [3.05, 3.63) is 29.8 Å². The summed E-state index contributed by atoms with van der Waals surface area (Å²) in [5.41, 5.74) is 1.31. The minimum absolute atomic E-state index is 0.00168. The van der Waals surface area contributed by atoms with Crippen molar-refractivity contribution in [3.8, 4) is 0 Å². The number of rotatable bonds is 3. The number of anilines is 1. The summed E-state index contributed by atoms with van der Waals surface area (Å²) in [5.74, 6) is -0.254. The number of carbonyl (C=O) groups excluding carboxylic acids is 2. The van der Waals surface area contributed by atoms with Crippen molar-refractivity contribution in [2.45, 2.75) is 31.8 Å². The summed E-state index contributed by atoms with van der Waals surface area (Å²) in [5, 5.41) is 10.0. The quantitative estimate of drug-likeness (QED) is 0.833. The summed E-state index contributed by atoms with van der Waals surface area (Å²) in [6.45, 7) is 3.21. The lowest BCUT2D eigenvalue weighted by atomic mass is 9.89. The van der Waals surface area contributed by atoms with E-state index < -0.39 is 0 Å². The first-order valence-electron chi connectivity index (χ1n) is 7.46. The molecule has 22 heavy (non-hydrogen) atoms. The number of oxime groups is 1. The second-order valence-electron chi connectivity index (χ2n) is 5.86. The summed E-state index contributed by atoms with van der Waals surface area (Å²) < 4.78 is 0. The van der Waals surface area contributed by atoms with Gasteiger partial charge in [0.05, 0.1) is 0 Å². The van der Waals surface area contributed by atoms with Gasteiger partial charge in [-0.05, 0) is 50.6 Å². The van der Waals surface area contributed by atoms with Gasteiger partial charge in [-0.2, -0.15) is 0 Å². The third-order valence-electron chi connectivity index (χ3n) is 4.08. The van der Waals surface area contributed by atoms with Crippen LogP contribution in [0.2, 0.25) is 0 Å². The van der Waals surface area contributed by atoms with E-state index in [9.17, 15) is 9.59 Å². The number of nitrogens with zero attached hydrogens (tertiary/aromatic N) is 1. The molecule has 0 aliphatic carbocycles. The average molecular weight is 301 g/mol. The molecule has 1 fully saturated rings. The fourth-order valence-corrected chi connectivity index (χ4v) is 2.80. The summed E-state index contributed by atoms with van der Waals surface area (Å²) >= 11 is 0. The van der Waals surface area contributed by atoms with E-state index in [-0.39, 0.29) is 17.3 Å². The number of nitrogens with one attached hydrogen (secondary N) is 2. The van der Waals surface area contributed by atoms with Crippen molar-refractivity contribution < 1.29 is 14.4 Å². The van der Waals surface area contributed by atoms with Crippen LogP contribution < -0.4 is 10.6 Å². The molecule has 0 unspecified atom stereocenters. The lowest BCUT2D eigenvalue weighted by Crippen LogP contribution is -2.46. The molecule has 1 aromatic carbocycles. The molecule has 0 radical (unpaired) electrons. The first-order chi connectivity index (χ1) is 10.6. The molecule has 1 atom stereocenters. The Balaban J connectivity index is 1.61. The number of hydrogen-bond donors (Lipinski definition) is 2. The fraction of sp³-hybridized carbons (Fsp3) is 0.438. The Bertz CT molecular complexity index is 616. The zero-order chi connectivity index (χ0) is 15.6. The average Bonchev–Trinajstić information content (AvgIpc) is 2.92. The normalized spacial score (nSPS) is 23.8. The predicted molar refractivity (Wildman–Crippen MR) is 83.0 cm³/mol. The molecule has 1 amide bonds. The van der Waals surface area contributed by atoms with Crippen LogP contribution in [0.15, 0.2) is 29.4 Å². The van der Waals surface area contributed by atoms with Crippen molar-refractivity contribution in [1.82, 2.24) is 5.32 Å². The number of Topliss-reactive ketones (excluding diaryl/α,β-unsaturated/α-hetero) is 1. The van der Waals surface area contributed by atoms with Crippen LogP contribution in [-0.4, -0.2) is 36.1 Å². The van der Waals surface area contributed by atoms with Crippen LogP contribution in [0.3, 0.4) is 0 Å². The van der Waals surface area contributed by atoms with Crippen LogP contribution >= 0.6 is 0 Å².